The van der Waals surface area contributed by atoms with E-state index in [2.05, 4.69) is 39.8 Å². The van der Waals surface area contributed by atoms with Crippen LogP contribution in [-0.2, 0) is 0 Å². The topological polar surface area (TPSA) is 28.5 Å². The zero-order valence-electron chi connectivity index (χ0n) is 9.83. The van der Waals surface area contributed by atoms with Gasteiger partial charge in [0.15, 0.2) is 0 Å². The number of hydrogen-bond donors (Lipinski definition) is 0. The molecular weight excluding hydrogens is 289 g/mol. The fourth-order valence-electron chi connectivity index (χ4n) is 0.959. The summed E-state index contributed by atoms with van der Waals surface area (Å²) in [5.74, 6) is 0. The second-order valence-corrected chi connectivity index (χ2v) is 5.08. The van der Waals surface area contributed by atoms with Crippen molar-refractivity contribution in [3.63, 3.8) is 0 Å². The van der Waals surface area contributed by atoms with Crippen LogP contribution in [0.15, 0.2) is 15.5 Å². The Bertz CT molecular complexity index is 404. The molecule has 0 unspecified atom stereocenters. The van der Waals surface area contributed by atoms with Crippen molar-refractivity contribution in [2.45, 2.75) is 26.8 Å². The van der Waals surface area contributed by atoms with Gasteiger partial charge in [-0.05, 0) is 42.8 Å². The molecule has 0 spiro atoms. The minimum absolute atomic E-state index is 0.424. The normalized spacial score (nSPS) is 11.4. The lowest BCUT2D eigenvalue weighted by Gasteiger charge is -2.17. The quantitative estimate of drug-likeness (QED) is 0.483. The van der Waals surface area contributed by atoms with E-state index in [-0.39, 0.29) is 0 Å². The van der Waals surface area contributed by atoms with E-state index in [9.17, 15) is 0 Å². The molecule has 1 aromatic rings. The Morgan fingerprint density at radius 2 is 2.19 bits per heavy atom. The van der Waals surface area contributed by atoms with Crippen LogP contribution in [0.25, 0.3) is 0 Å². The van der Waals surface area contributed by atoms with E-state index in [0.717, 1.165) is 15.9 Å². The van der Waals surface area contributed by atoms with Gasteiger partial charge in [-0.2, -0.15) is 0 Å². The zero-order chi connectivity index (χ0) is 12.3. The second-order valence-electron chi connectivity index (χ2n) is 3.87. The molecule has 5 heteroatoms. The predicted octanol–water partition coefficient (Wildman–Crippen LogP) is 3.81. The molecule has 1 aromatic heterocycles. The third kappa shape index (κ3) is 3.46. The van der Waals surface area contributed by atoms with Gasteiger partial charge in [0.25, 0.3) is 0 Å². The first-order valence-electron chi connectivity index (χ1n) is 5.00. The number of pyridine rings is 1. The molecule has 0 aliphatic rings. The molecule has 3 nitrogen and oxygen atoms in total. The highest BCUT2D eigenvalue weighted by molar-refractivity contribution is 9.10. The Morgan fingerprint density at radius 3 is 2.75 bits per heavy atom. The number of nitrogens with zero attached hydrogens (tertiary/aromatic N) is 3. The Balaban J connectivity index is 2.93. The fourth-order valence-corrected chi connectivity index (χ4v) is 1.45. The van der Waals surface area contributed by atoms with E-state index < -0.39 is 0 Å². The molecule has 0 aromatic carbocycles. The van der Waals surface area contributed by atoms with Gasteiger partial charge in [0.05, 0.1) is 22.2 Å². The smallest absolute Gasteiger partial charge is 0.143 e. The summed E-state index contributed by atoms with van der Waals surface area (Å²) in [6.07, 6.45) is 1.80. The van der Waals surface area contributed by atoms with Gasteiger partial charge in [-0.15, -0.1) is 0 Å². The Labute approximate surface area is 110 Å². The average molecular weight is 305 g/mol. The van der Waals surface area contributed by atoms with E-state index in [4.69, 9.17) is 11.6 Å². The van der Waals surface area contributed by atoms with Gasteiger partial charge in [-0.1, -0.05) is 11.6 Å². The molecule has 0 saturated carbocycles. The summed E-state index contributed by atoms with van der Waals surface area (Å²) in [6, 6.07) is 2.29. The van der Waals surface area contributed by atoms with Crippen LogP contribution in [-0.4, -0.2) is 29.3 Å². The molecule has 0 saturated heterocycles. The Morgan fingerprint density at radius 1 is 1.56 bits per heavy atom. The van der Waals surface area contributed by atoms with Crippen molar-refractivity contribution in [1.29, 1.82) is 0 Å². The fraction of sp³-hybridized carbons (Fsp3) is 0.455. The molecule has 88 valence electrons. The summed E-state index contributed by atoms with van der Waals surface area (Å²) < 4.78 is 0.763. The molecule has 0 N–H and O–H groups in total. The van der Waals surface area contributed by atoms with Crippen molar-refractivity contribution in [2.75, 3.05) is 7.05 Å². The van der Waals surface area contributed by atoms with E-state index in [1.165, 1.54) is 0 Å². The van der Waals surface area contributed by atoms with Crippen LogP contribution in [0.3, 0.4) is 0 Å². The van der Waals surface area contributed by atoms with Crippen molar-refractivity contribution in [2.24, 2.45) is 4.99 Å². The first-order chi connectivity index (χ1) is 7.41. The number of hydrogen-bond acceptors (Lipinski definition) is 2. The lowest BCUT2D eigenvalue weighted by molar-refractivity contribution is 0.429. The van der Waals surface area contributed by atoms with Crippen molar-refractivity contribution in [3.05, 3.63) is 21.4 Å². The van der Waals surface area contributed by atoms with Gasteiger partial charge in [-0.25, -0.2) is 9.98 Å². The summed E-state index contributed by atoms with van der Waals surface area (Å²) >= 11 is 9.21. The van der Waals surface area contributed by atoms with Gasteiger partial charge < -0.3 is 4.90 Å². The van der Waals surface area contributed by atoms with Gasteiger partial charge >= 0.3 is 0 Å². The van der Waals surface area contributed by atoms with E-state index >= 15 is 0 Å². The van der Waals surface area contributed by atoms with E-state index in [1.54, 1.807) is 6.34 Å². The number of aliphatic imine (C=N–C) groups is 1. The lowest BCUT2D eigenvalue weighted by Crippen LogP contribution is -2.24. The molecule has 0 amide bonds. The molecule has 0 aliphatic carbocycles. The molecule has 0 bridgehead atoms. The van der Waals surface area contributed by atoms with Crippen LogP contribution < -0.4 is 0 Å². The summed E-state index contributed by atoms with van der Waals surface area (Å²) in [5, 5.41) is 0.466. The molecule has 1 heterocycles. The van der Waals surface area contributed by atoms with Crippen molar-refractivity contribution < 1.29 is 0 Å². The third-order valence-electron chi connectivity index (χ3n) is 2.29. The van der Waals surface area contributed by atoms with E-state index in [1.807, 2.05) is 24.9 Å². The highest BCUT2D eigenvalue weighted by atomic mass is 79.9. The van der Waals surface area contributed by atoms with Crippen LogP contribution in [0.4, 0.5) is 5.69 Å². The Kier molecular flexibility index (Phi) is 4.74. The molecule has 1 rings (SSSR count). The minimum atomic E-state index is 0.424. The maximum Gasteiger partial charge on any atom is 0.143 e. The second kappa shape index (κ2) is 5.64. The maximum absolute atomic E-state index is 5.88. The highest BCUT2D eigenvalue weighted by Crippen LogP contribution is 2.27. The van der Waals surface area contributed by atoms with Crippen molar-refractivity contribution in [1.82, 2.24) is 9.88 Å². The van der Waals surface area contributed by atoms with Gasteiger partial charge in [0.1, 0.15) is 5.15 Å². The Hall–Kier alpha value is -0.610. The molecule has 0 fully saturated rings. The third-order valence-corrected chi connectivity index (χ3v) is 3.41. The monoisotopic (exact) mass is 303 g/mol. The maximum atomic E-state index is 5.88. The SMILES string of the molecule is Cc1nc(Cl)c(Br)cc1N=CN(C)C(C)C. The van der Waals surface area contributed by atoms with Gasteiger partial charge in [0, 0.05) is 13.1 Å². The average Bonchev–Trinajstić information content (AvgIpc) is 2.20. The predicted molar refractivity (Wildman–Crippen MR) is 72.7 cm³/mol. The first-order valence-corrected chi connectivity index (χ1v) is 6.17. The largest absolute Gasteiger partial charge is 0.363 e. The molecule has 0 radical (unpaired) electrons. The summed E-state index contributed by atoms with van der Waals surface area (Å²) in [5.41, 5.74) is 1.64. The number of halogens is 2. The lowest BCUT2D eigenvalue weighted by atomic mass is 10.3. The number of rotatable bonds is 3. The van der Waals surface area contributed by atoms with Crippen molar-refractivity contribution >= 4 is 39.6 Å². The highest BCUT2D eigenvalue weighted by Gasteiger charge is 2.04. The number of aromatic nitrogens is 1. The van der Waals surface area contributed by atoms with Crippen LogP contribution in [0.1, 0.15) is 19.5 Å². The van der Waals surface area contributed by atoms with Gasteiger partial charge in [0.2, 0.25) is 0 Å². The van der Waals surface area contributed by atoms with Crippen LogP contribution in [0.5, 0.6) is 0 Å². The van der Waals surface area contributed by atoms with Crippen LogP contribution in [0, 0.1) is 6.92 Å². The molecule has 16 heavy (non-hydrogen) atoms. The zero-order valence-corrected chi connectivity index (χ0v) is 12.2. The minimum Gasteiger partial charge on any atom is -0.363 e. The van der Waals surface area contributed by atoms with Gasteiger partial charge in [-0.3, -0.25) is 0 Å². The van der Waals surface area contributed by atoms with Crippen LogP contribution in [0.2, 0.25) is 5.15 Å². The van der Waals surface area contributed by atoms with E-state index in [0.29, 0.717) is 11.2 Å². The summed E-state index contributed by atoms with van der Waals surface area (Å²) in [4.78, 5) is 10.6. The molecule has 0 atom stereocenters. The summed E-state index contributed by atoms with van der Waals surface area (Å²) in [7, 11) is 1.99. The molecular formula is C11H15BrClN3. The summed E-state index contributed by atoms with van der Waals surface area (Å²) in [6.45, 7) is 6.10. The first kappa shape index (κ1) is 13.5. The van der Waals surface area contributed by atoms with Crippen molar-refractivity contribution in [3.8, 4) is 0 Å². The van der Waals surface area contributed by atoms with Crippen LogP contribution >= 0.6 is 27.5 Å². The standard InChI is InChI=1S/C11H15BrClN3/c1-7(2)16(4)6-14-10-5-9(12)11(13)15-8(10)3/h5-7H,1-4H3. The number of aryl methyl sites for hydroxylation is 1. The molecule has 0 aliphatic heterocycles.